The lowest BCUT2D eigenvalue weighted by molar-refractivity contribution is 0.574. The van der Waals surface area contributed by atoms with Crippen LogP contribution in [0, 0.1) is 6.92 Å². The van der Waals surface area contributed by atoms with E-state index in [0.29, 0.717) is 6.04 Å². The predicted octanol–water partition coefficient (Wildman–Crippen LogP) is 3.89. The number of benzene rings is 1. The molecular formula is C15H17ClN2. The summed E-state index contributed by atoms with van der Waals surface area (Å²) in [4.78, 5) is 4.28. The predicted molar refractivity (Wildman–Crippen MR) is 75.7 cm³/mol. The van der Waals surface area contributed by atoms with Gasteiger partial charge in [-0.2, -0.15) is 0 Å². The maximum atomic E-state index is 5.88. The van der Waals surface area contributed by atoms with E-state index in [0.717, 1.165) is 17.3 Å². The minimum atomic E-state index is 0.295. The van der Waals surface area contributed by atoms with E-state index in [-0.39, 0.29) is 0 Å². The number of pyridine rings is 1. The van der Waals surface area contributed by atoms with Gasteiger partial charge in [-0.3, -0.25) is 4.98 Å². The molecule has 1 aromatic carbocycles. The maximum Gasteiger partial charge on any atom is 0.0406 e. The topological polar surface area (TPSA) is 24.9 Å². The van der Waals surface area contributed by atoms with Gasteiger partial charge >= 0.3 is 0 Å². The van der Waals surface area contributed by atoms with Crippen LogP contribution >= 0.6 is 11.6 Å². The minimum absolute atomic E-state index is 0.295. The van der Waals surface area contributed by atoms with Crippen molar-refractivity contribution in [3.8, 4) is 0 Å². The molecule has 1 atom stereocenters. The van der Waals surface area contributed by atoms with Crippen molar-refractivity contribution in [2.75, 3.05) is 0 Å². The first-order valence-corrected chi connectivity index (χ1v) is 6.43. The fraction of sp³-hybridized carbons (Fsp3) is 0.267. The van der Waals surface area contributed by atoms with Gasteiger partial charge in [-0.25, -0.2) is 0 Å². The highest BCUT2D eigenvalue weighted by Crippen LogP contribution is 2.16. The van der Waals surface area contributed by atoms with Crippen LogP contribution in [0.2, 0.25) is 5.02 Å². The van der Waals surface area contributed by atoms with E-state index in [2.05, 4.69) is 23.3 Å². The van der Waals surface area contributed by atoms with Gasteiger partial charge in [0.05, 0.1) is 0 Å². The van der Waals surface area contributed by atoms with E-state index in [4.69, 9.17) is 11.6 Å². The monoisotopic (exact) mass is 260 g/mol. The van der Waals surface area contributed by atoms with Crippen LogP contribution < -0.4 is 5.32 Å². The third kappa shape index (κ3) is 3.56. The van der Waals surface area contributed by atoms with Crippen LogP contribution in [0.5, 0.6) is 0 Å². The molecule has 94 valence electrons. The van der Waals surface area contributed by atoms with Gasteiger partial charge < -0.3 is 5.32 Å². The Kier molecular flexibility index (Phi) is 4.34. The lowest BCUT2D eigenvalue weighted by Gasteiger charge is -2.14. The van der Waals surface area contributed by atoms with Crippen LogP contribution in [0.3, 0.4) is 0 Å². The summed E-state index contributed by atoms with van der Waals surface area (Å²) in [7, 11) is 0. The van der Waals surface area contributed by atoms with E-state index in [1.54, 1.807) is 0 Å². The first kappa shape index (κ1) is 13.1. The highest BCUT2D eigenvalue weighted by atomic mass is 35.5. The number of nitrogens with one attached hydrogen (secondary N) is 1. The van der Waals surface area contributed by atoms with Gasteiger partial charge in [0, 0.05) is 29.5 Å². The standard InChI is InChI=1S/C15H17ClN2/c1-11-3-4-13(9-17-11)10-18-12(2)14-5-7-15(16)8-6-14/h3-9,12,18H,10H2,1-2H3. The Bertz CT molecular complexity index is 491. The lowest BCUT2D eigenvalue weighted by atomic mass is 10.1. The van der Waals surface area contributed by atoms with Crippen molar-refractivity contribution in [3.05, 3.63) is 64.4 Å². The molecule has 0 aliphatic rings. The summed E-state index contributed by atoms with van der Waals surface area (Å²) in [6, 6.07) is 12.4. The number of rotatable bonds is 4. The Morgan fingerprint density at radius 3 is 2.50 bits per heavy atom. The zero-order chi connectivity index (χ0) is 13.0. The normalized spacial score (nSPS) is 12.4. The van der Waals surface area contributed by atoms with Crippen molar-refractivity contribution in [1.29, 1.82) is 0 Å². The Morgan fingerprint density at radius 2 is 1.89 bits per heavy atom. The second-order valence-electron chi connectivity index (χ2n) is 4.46. The van der Waals surface area contributed by atoms with Gasteiger partial charge in [-0.05, 0) is 43.2 Å². The van der Waals surface area contributed by atoms with Gasteiger partial charge in [0.2, 0.25) is 0 Å². The Labute approximate surface area is 113 Å². The maximum absolute atomic E-state index is 5.88. The Morgan fingerprint density at radius 1 is 1.17 bits per heavy atom. The second kappa shape index (κ2) is 5.98. The molecule has 0 amide bonds. The molecule has 0 bridgehead atoms. The average Bonchev–Trinajstić information content (AvgIpc) is 2.38. The zero-order valence-electron chi connectivity index (χ0n) is 10.7. The third-order valence-corrected chi connectivity index (χ3v) is 3.21. The lowest BCUT2D eigenvalue weighted by Crippen LogP contribution is -2.18. The van der Waals surface area contributed by atoms with Crippen molar-refractivity contribution in [3.63, 3.8) is 0 Å². The van der Waals surface area contributed by atoms with Crippen molar-refractivity contribution in [2.24, 2.45) is 0 Å². The van der Waals surface area contributed by atoms with Crippen LogP contribution in [0.25, 0.3) is 0 Å². The van der Waals surface area contributed by atoms with Crippen molar-refractivity contribution in [2.45, 2.75) is 26.4 Å². The molecule has 18 heavy (non-hydrogen) atoms. The van der Waals surface area contributed by atoms with Gasteiger partial charge in [0.25, 0.3) is 0 Å². The molecule has 2 rings (SSSR count). The molecule has 2 nitrogen and oxygen atoms in total. The molecule has 0 aliphatic carbocycles. The second-order valence-corrected chi connectivity index (χ2v) is 4.90. The SMILES string of the molecule is Cc1ccc(CNC(C)c2ccc(Cl)cc2)cn1. The van der Waals surface area contributed by atoms with E-state index in [1.807, 2.05) is 43.5 Å². The summed E-state index contributed by atoms with van der Waals surface area (Å²) < 4.78 is 0. The highest BCUT2D eigenvalue weighted by molar-refractivity contribution is 6.30. The van der Waals surface area contributed by atoms with Gasteiger partial charge in [-0.1, -0.05) is 29.8 Å². The number of aryl methyl sites for hydroxylation is 1. The quantitative estimate of drug-likeness (QED) is 0.902. The van der Waals surface area contributed by atoms with Crippen LogP contribution in [-0.4, -0.2) is 4.98 Å². The minimum Gasteiger partial charge on any atom is -0.306 e. The van der Waals surface area contributed by atoms with Gasteiger partial charge in [0.1, 0.15) is 0 Å². The summed E-state index contributed by atoms with van der Waals surface area (Å²) in [5.74, 6) is 0. The molecule has 1 aromatic heterocycles. The molecule has 1 N–H and O–H groups in total. The first-order chi connectivity index (χ1) is 8.65. The molecule has 0 aliphatic heterocycles. The molecule has 3 heteroatoms. The highest BCUT2D eigenvalue weighted by Gasteiger charge is 2.04. The number of aromatic nitrogens is 1. The van der Waals surface area contributed by atoms with Crippen molar-refractivity contribution in [1.82, 2.24) is 10.3 Å². The van der Waals surface area contributed by atoms with Gasteiger partial charge in [-0.15, -0.1) is 0 Å². The number of nitrogens with zero attached hydrogens (tertiary/aromatic N) is 1. The summed E-state index contributed by atoms with van der Waals surface area (Å²) in [6.45, 7) is 4.95. The number of halogens is 1. The first-order valence-electron chi connectivity index (χ1n) is 6.05. The van der Waals surface area contributed by atoms with E-state index in [1.165, 1.54) is 11.1 Å². The Balaban J connectivity index is 1.93. The van der Waals surface area contributed by atoms with E-state index in [9.17, 15) is 0 Å². The largest absolute Gasteiger partial charge is 0.306 e. The van der Waals surface area contributed by atoms with Crippen LogP contribution in [0.1, 0.15) is 29.8 Å². The number of hydrogen-bond donors (Lipinski definition) is 1. The molecule has 2 aromatic rings. The molecule has 0 radical (unpaired) electrons. The average molecular weight is 261 g/mol. The fourth-order valence-electron chi connectivity index (χ4n) is 1.74. The number of hydrogen-bond acceptors (Lipinski definition) is 2. The third-order valence-electron chi connectivity index (χ3n) is 2.95. The molecule has 0 saturated carbocycles. The molecule has 1 heterocycles. The Hall–Kier alpha value is -1.38. The van der Waals surface area contributed by atoms with Gasteiger partial charge in [0.15, 0.2) is 0 Å². The van der Waals surface area contributed by atoms with Crippen molar-refractivity contribution < 1.29 is 0 Å². The summed E-state index contributed by atoms with van der Waals surface area (Å²) >= 11 is 5.88. The van der Waals surface area contributed by atoms with Crippen LogP contribution in [-0.2, 0) is 6.54 Å². The molecule has 0 saturated heterocycles. The van der Waals surface area contributed by atoms with Crippen molar-refractivity contribution >= 4 is 11.6 Å². The zero-order valence-corrected chi connectivity index (χ0v) is 11.4. The summed E-state index contributed by atoms with van der Waals surface area (Å²) in [5.41, 5.74) is 3.48. The van der Waals surface area contributed by atoms with Crippen LogP contribution in [0.15, 0.2) is 42.6 Å². The molecular weight excluding hydrogens is 244 g/mol. The molecule has 0 spiro atoms. The summed E-state index contributed by atoms with van der Waals surface area (Å²) in [6.07, 6.45) is 1.91. The smallest absolute Gasteiger partial charge is 0.0406 e. The van der Waals surface area contributed by atoms with E-state index >= 15 is 0 Å². The fourth-order valence-corrected chi connectivity index (χ4v) is 1.87. The molecule has 0 fully saturated rings. The van der Waals surface area contributed by atoms with E-state index < -0.39 is 0 Å². The summed E-state index contributed by atoms with van der Waals surface area (Å²) in [5, 5.41) is 4.24. The van der Waals surface area contributed by atoms with Crippen LogP contribution in [0.4, 0.5) is 0 Å². The molecule has 1 unspecified atom stereocenters.